The molecule has 1 atom stereocenters. The van der Waals surface area contributed by atoms with Gasteiger partial charge in [-0.2, -0.15) is 0 Å². The maximum atomic E-state index is 12.2. The molecular weight excluding hydrogens is 218 g/mol. The van der Waals surface area contributed by atoms with Crippen LogP contribution in [0.25, 0.3) is 0 Å². The van der Waals surface area contributed by atoms with Gasteiger partial charge in [-0.05, 0) is 38.5 Å². The van der Waals surface area contributed by atoms with Crippen molar-refractivity contribution in [3.05, 3.63) is 29.8 Å². The molecule has 0 heterocycles. The van der Waals surface area contributed by atoms with E-state index in [4.69, 9.17) is 0 Å². The summed E-state index contributed by atoms with van der Waals surface area (Å²) in [6.07, 6.45) is 0.972. The van der Waals surface area contributed by atoms with Crippen molar-refractivity contribution in [2.24, 2.45) is 0 Å². The van der Waals surface area contributed by atoms with E-state index in [-0.39, 0.29) is 11.9 Å². The van der Waals surface area contributed by atoms with Crippen LogP contribution in [0.2, 0.25) is 0 Å². The molecule has 0 saturated carbocycles. The Hall–Kier alpha value is -0.960. The number of amides is 1. The van der Waals surface area contributed by atoms with Gasteiger partial charge in [0.05, 0.1) is 0 Å². The van der Waals surface area contributed by atoms with Gasteiger partial charge in [0.25, 0.3) is 5.91 Å². The van der Waals surface area contributed by atoms with E-state index in [2.05, 4.69) is 26.5 Å². The summed E-state index contributed by atoms with van der Waals surface area (Å²) in [4.78, 5) is 14.9. The van der Waals surface area contributed by atoms with Gasteiger partial charge in [0, 0.05) is 23.0 Å². The molecule has 88 valence electrons. The number of carbonyl (C=O) groups excluding carboxylic acids is 1. The predicted molar refractivity (Wildman–Crippen MR) is 70.2 cm³/mol. The largest absolute Gasteiger partial charge is 0.336 e. The zero-order chi connectivity index (χ0) is 12.1. The molecule has 0 aliphatic rings. The van der Waals surface area contributed by atoms with Crippen molar-refractivity contribution in [1.29, 1.82) is 0 Å². The fourth-order valence-corrected chi connectivity index (χ4v) is 1.91. The second-order valence-electron chi connectivity index (χ2n) is 3.90. The fraction of sp³-hybridized carbons (Fsp3) is 0.462. The molecule has 1 amide bonds. The summed E-state index contributed by atoms with van der Waals surface area (Å²) >= 11 is 4.25. The average Bonchev–Trinajstić information content (AvgIpc) is 2.29. The molecule has 0 spiro atoms. The molecule has 0 saturated heterocycles. The van der Waals surface area contributed by atoms with E-state index in [1.165, 1.54) is 0 Å². The highest BCUT2D eigenvalue weighted by Gasteiger charge is 2.18. The molecule has 0 aromatic heterocycles. The third-order valence-corrected chi connectivity index (χ3v) is 3.10. The van der Waals surface area contributed by atoms with E-state index >= 15 is 0 Å². The van der Waals surface area contributed by atoms with Gasteiger partial charge in [-0.25, -0.2) is 0 Å². The molecule has 1 aromatic rings. The maximum absolute atomic E-state index is 12.2. The van der Waals surface area contributed by atoms with Crippen LogP contribution in [-0.4, -0.2) is 23.4 Å². The van der Waals surface area contributed by atoms with Gasteiger partial charge in [0.15, 0.2) is 0 Å². The first-order chi connectivity index (χ1) is 7.60. The van der Waals surface area contributed by atoms with Crippen molar-refractivity contribution >= 4 is 18.5 Å². The molecule has 0 aliphatic carbocycles. The Labute approximate surface area is 103 Å². The Bertz CT molecular complexity index is 365. The van der Waals surface area contributed by atoms with Crippen LogP contribution >= 0.6 is 12.6 Å². The number of hydrogen-bond acceptors (Lipinski definition) is 2. The fourth-order valence-electron chi connectivity index (χ4n) is 1.68. The third kappa shape index (κ3) is 3.01. The number of benzene rings is 1. The van der Waals surface area contributed by atoms with Crippen LogP contribution in [0.4, 0.5) is 0 Å². The average molecular weight is 237 g/mol. The van der Waals surface area contributed by atoms with E-state index in [1.54, 1.807) is 0 Å². The lowest BCUT2D eigenvalue weighted by Gasteiger charge is -2.27. The lowest BCUT2D eigenvalue weighted by Crippen LogP contribution is -2.38. The van der Waals surface area contributed by atoms with E-state index in [0.29, 0.717) is 0 Å². The predicted octanol–water partition coefficient (Wildman–Crippen LogP) is 3.24. The Balaban J connectivity index is 2.91. The first kappa shape index (κ1) is 13.1. The summed E-state index contributed by atoms with van der Waals surface area (Å²) in [7, 11) is 0. The van der Waals surface area contributed by atoms with Crippen LogP contribution in [-0.2, 0) is 0 Å². The van der Waals surface area contributed by atoms with E-state index in [0.717, 1.165) is 23.4 Å². The Morgan fingerprint density at radius 1 is 1.44 bits per heavy atom. The van der Waals surface area contributed by atoms with E-state index in [9.17, 15) is 4.79 Å². The molecule has 3 heteroatoms. The van der Waals surface area contributed by atoms with Crippen LogP contribution in [0.15, 0.2) is 29.2 Å². The smallest absolute Gasteiger partial charge is 0.254 e. The van der Waals surface area contributed by atoms with Crippen molar-refractivity contribution in [3.8, 4) is 0 Å². The van der Waals surface area contributed by atoms with E-state index in [1.807, 2.05) is 36.1 Å². The molecule has 0 N–H and O–H groups in total. The van der Waals surface area contributed by atoms with Crippen molar-refractivity contribution in [2.45, 2.75) is 38.1 Å². The van der Waals surface area contributed by atoms with Gasteiger partial charge >= 0.3 is 0 Å². The second kappa shape index (κ2) is 5.94. The first-order valence-corrected chi connectivity index (χ1v) is 6.14. The molecular formula is C13H19NOS. The quantitative estimate of drug-likeness (QED) is 0.797. The molecule has 1 unspecified atom stereocenters. The Morgan fingerprint density at radius 3 is 2.62 bits per heavy atom. The van der Waals surface area contributed by atoms with Gasteiger partial charge in [0.1, 0.15) is 0 Å². The summed E-state index contributed by atoms with van der Waals surface area (Å²) in [6.45, 7) is 6.92. The van der Waals surface area contributed by atoms with E-state index < -0.39 is 0 Å². The highest BCUT2D eigenvalue weighted by Crippen LogP contribution is 2.14. The highest BCUT2D eigenvalue weighted by atomic mass is 32.1. The summed E-state index contributed by atoms with van der Waals surface area (Å²) in [5, 5.41) is 0. The minimum absolute atomic E-state index is 0.0905. The van der Waals surface area contributed by atoms with Crippen molar-refractivity contribution in [3.63, 3.8) is 0 Å². The minimum Gasteiger partial charge on any atom is -0.336 e. The molecule has 1 rings (SSSR count). The molecule has 1 aromatic carbocycles. The van der Waals surface area contributed by atoms with Crippen molar-refractivity contribution < 1.29 is 4.79 Å². The number of nitrogens with zero attached hydrogens (tertiary/aromatic N) is 1. The standard InChI is InChI=1S/C13H19NOS/c1-4-10(3)14(5-2)13(15)11-7-6-8-12(16)9-11/h6-10,16H,4-5H2,1-3H3. The lowest BCUT2D eigenvalue weighted by atomic mass is 10.1. The Kier molecular flexibility index (Phi) is 4.87. The molecule has 0 aliphatic heterocycles. The molecule has 0 fully saturated rings. The van der Waals surface area contributed by atoms with Crippen LogP contribution in [0.5, 0.6) is 0 Å². The van der Waals surface area contributed by atoms with Crippen molar-refractivity contribution in [2.75, 3.05) is 6.54 Å². The number of rotatable bonds is 4. The van der Waals surface area contributed by atoms with Gasteiger partial charge < -0.3 is 4.90 Å². The molecule has 0 bridgehead atoms. The van der Waals surface area contributed by atoms with Crippen molar-refractivity contribution in [1.82, 2.24) is 4.90 Å². The first-order valence-electron chi connectivity index (χ1n) is 5.70. The van der Waals surface area contributed by atoms with Crippen LogP contribution in [0, 0.1) is 0 Å². The summed E-state index contributed by atoms with van der Waals surface area (Å²) in [5.41, 5.74) is 0.717. The highest BCUT2D eigenvalue weighted by molar-refractivity contribution is 7.80. The van der Waals surface area contributed by atoms with Crippen LogP contribution < -0.4 is 0 Å². The van der Waals surface area contributed by atoms with Gasteiger partial charge in [-0.3, -0.25) is 4.79 Å². The topological polar surface area (TPSA) is 20.3 Å². The molecule has 0 radical (unpaired) electrons. The number of thiol groups is 1. The number of hydrogen-bond donors (Lipinski definition) is 1. The van der Waals surface area contributed by atoms with Gasteiger partial charge in [-0.1, -0.05) is 13.0 Å². The summed E-state index contributed by atoms with van der Waals surface area (Å²) < 4.78 is 0. The SMILES string of the molecule is CCC(C)N(CC)C(=O)c1cccc(S)c1. The van der Waals surface area contributed by atoms with Gasteiger partial charge in [-0.15, -0.1) is 12.6 Å². The summed E-state index contributed by atoms with van der Waals surface area (Å²) in [5.74, 6) is 0.0905. The Morgan fingerprint density at radius 2 is 2.12 bits per heavy atom. The zero-order valence-electron chi connectivity index (χ0n) is 10.1. The number of carbonyl (C=O) groups is 1. The summed E-state index contributed by atoms with van der Waals surface area (Å²) in [6, 6.07) is 7.67. The third-order valence-electron chi connectivity index (χ3n) is 2.82. The van der Waals surface area contributed by atoms with Crippen LogP contribution in [0.3, 0.4) is 0 Å². The lowest BCUT2D eigenvalue weighted by molar-refractivity contribution is 0.0699. The molecule has 16 heavy (non-hydrogen) atoms. The zero-order valence-corrected chi connectivity index (χ0v) is 11.0. The second-order valence-corrected chi connectivity index (χ2v) is 4.42. The monoisotopic (exact) mass is 237 g/mol. The normalized spacial score (nSPS) is 12.2. The van der Waals surface area contributed by atoms with Gasteiger partial charge in [0.2, 0.25) is 0 Å². The minimum atomic E-state index is 0.0905. The van der Waals surface area contributed by atoms with Crippen LogP contribution in [0.1, 0.15) is 37.6 Å². The molecule has 2 nitrogen and oxygen atoms in total. The maximum Gasteiger partial charge on any atom is 0.254 e.